The maximum Gasteiger partial charge on any atom is 0.143 e. The minimum Gasteiger partial charge on any atom is -0.339 e. The first-order valence-electron chi connectivity index (χ1n) is 7.27. The molecule has 0 radical (unpaired) electrons. The van der Waals surface area contributed by atoms with Gasteiger partial charge < -0.3 is 4.90 Å². The Bertz CT molecular complexity index is 710. The van der Waals surface area contributed by atoms with Gasteiger partial charge in [-0.1, -0.05) is 18.5 Å². The van der Waals surface area contributed by atoms with Crippen molar-refractivity contribution in [3.63, 3.8) is 0 Å². The smallest absolute Gasteiger partial charge is 0.143 e. The first-order chi connectivity index (χ1) is 10.1. The van der Waals surface area contributed by atoms with E-state index in [1.165, 1.54) is 11.8 Å². The Morgan fingerprint density at radius 3 is 2.86 bits per heavy atom. The average Bonchev–Trinajstić information content (AvgIpc) is 2.78. The summed E-state index contributed by atoms with van der Waals surface area (Å²) in [6.45, 7) is 3.16. The zero-order valence-corrected chi connectivity index (χ0v) is 12.6. The Labute approximate surface area is 128 Å². The van der Waals surface area contributed by atoms with Gasteiger partial charge in [0.05, 0.1) is 16.4 Å². The van der Waals surface area contributed by atoms with Gasteiger partial charge in [-0.2, -0.15) is 0 Å². The Balaban J connectivity index is 1.79. The number of fused-ring (bicyclic) bond motifs is 2. The van der Waals surface area contributed by atoms with Crippen molar-refractivity contribution < 1.29 is 4.39 Å². The fraction of sp³-hybridized carbons (Fsp3) is 0.353. The highest BCUT2D eigenvalue weighted by atomic mass is 35.5. The van der Waals surface area contributed by atoms with Crippen molar-refractivity contribution in [2.45, 2.75) is 25.2 Å². The monoisotopic (exact) mass is 302 g/mol. The lowest BCUT2D eigenvalue weighted by atomic mass is 9.61. The van der Waals surface area contributed by atoms with E-state index in [9.17, 15) is 4.39 Å². The van der Waals surface area contributed by atoms with Crippen molar-refractivity contribution in [2.24, 2.45) is 5.92 Å². The third kappa shape index (κ3) is 1.87. The SMILES string of the molecule is CC1CC2(C1)CN(c1ccc(Cl)c(F)c1)c1cccnc12. The number of hydrogen-bond donors (Lipinski definition) is 0. The van der Waals surface area contributed by atoms with Gasteiger partial charge in [-0.15, -0.1) is 0 Å². The summed E-state index contributed by atoms with van der Waals surface area (Å²) < 4.78 is 13.8. The molecule has 1 fully saturated rings. The Morgan fingerprint density at radius 1 is 1.33 bits per heavy atom. The molecule has 2 heterocycles. The summed E-state index contributed by atoms with van der Waals surface area (Å²) in [5.74, 6) is 0.365. The van der Waals surface area contributed by atoms with Gasteiger partial charge in [0, 0.05) is 23.8 Å². The second-order valence-corrected chi connectivity index (χ2v) is 6.76. The van der Waals surface area contributed by atoms with Crippen molar-refractivity contribution in [1.29, 1.82) is 0 Å². The molecule has 4 rings (SSSR count). The fourth-order valence-corrected chi connectivity index (χ4v) is 4.08. The van der Waals surface area contributed by atoms with E-state index < -0.39 is 0 Å². The van der Waals surface area contributed by atoms with Crippen LogP contribution in [0.2, 0.25) is 5.02 Å². The van der Waals surface area contributed by atoms with E-state index in [0.29, 0.717) is 0 Å². The number of benzene rings is 1. The second-order valence-electron chi connectivity index (χ2n) is 6.35. The Hall–Kier alpha value is -1.61. The van der Waals surface area contributed by atoms with Crippen LogP contribution in [-0.4, -0.2) is 11.5 Å². The van der Waals surface area contributed by atoms with Crippen LogP contribution in [0.1, 0.15) is 25.5 Å². The molecule has 0 saturated heterocycles. The van der Waals surface area contributed by atoms with Gasteiger partial charge in [-0.25, -0.2) is 4.39 Å². The van der Waals surface area contributed by atoms with Crippen molar-refractivity contribution >= 4 is 23.0 Å². The molecule has 1 spiro atoms. The van der Waals surface area contributed by atoms with Crippen molar-refractivity contribution in [2.75, 3.05) is 11.4 Å². The van der Waals surface area contributed by atoms with Crippen LogP contribution in [0.4, 0.5) is 15.8 Å². The number of halogens is 2. The quantitative estimate of drug-likeness (QED) is 0.759. The molecule has 108 valence electrons. The van der Waals surface area contributed by atoms with E-state index in [0.717, 1.165) is 36.7 Å². The van der Waals surface area contributed by atoms with Crippen molar-refractivity contribution in [3.05, 3.63) is 53.1 Å². The lowest BCUT2D eigenvalue weighted by Gasteiger charge is -2.43. The molecule has 1 aromatic heterocycles. The predicted molar refractivity (Wildman–Crippen MR) is 82.7 cm³/mol. The van der Waals surface area contributed by atoms with Gasteiger partial charge in [0.25, 0.3) is 0 Å². The molecule has 0 amide bonds. The molecule has 0 N–H and O–H groups in total. The van der Waals surface area contributed by atoms with E-state index in [1.807, 2.05) is 18.3 Å². The largest absolute Gasteiger partial charge is 0.339 e. The lowest BCUT2D eigenvalue weighted by Crippen LogP contribution is -2.43. The molecule has 1 saturated carbocycles. The topological polar surface area (TPSA) is 16.1 Å². The van der Waals surface area contributed by atoms with E-state index in [1.54, 1.807) is 6.07 Å². The van der Waals surface area contributed by atoms with Crippen molar-refractivity contribution in [3.8, 4) is 0 Å². The van der Waals surface area contributed by atoms with Crippen LogP contribution < -0.4 is 4.90 Å². The van der Waals surface area contributed by atoms with Crippen molar-refractivity contribution in [1.82, 2.24) is 4.98 Å². The lowest BCUT2D eigenvalue weighted by molar-refractivity contribution is 0.170. The summed E-state index contributed by atoms with van der Waals surface area (Å²) in [5.41, 5.74) is 3.26. The Morgan fingerprint density at radius 2 is 2.14 bits per heavy atom. The molecular formula is C17H16ClFN2. The van der Waals surface area contributed by atoms with E-state index in [2.05, 4.69) is 22.9 Å². The molecular weight excluding hydrogens is 287 g/mol. The summed E-state index contributed by atoms with van der Waals surface area (Å²) in [4.78, 5) is 6.80. The van der Waals surface area contributed by atoms with Gasteiger partial charge in [0.1, 0.15) is 5.82 Å². The number of hydrogen-bond acceptors (Lipinski definition) is 2. The summed E-state index contributed by atoms with van der Waals surface area (Å²) in [7, 11) is 0. The zero-order valence-electron chi connectivity index (χ0n) is 11.8. The van der Waals surface area contributed by atoms with Crippen LogP contribution in [0.5, 0.6) is 0 Å². The molecule has 2 aliphatic rings. The van der Waals surface area contributed by atoms with E-state index in [4.69, 9.17) is 11.6 Å². The minimum absolute atomic E-state index is 0.145. The molecule has 4 heteroatoms. The molecule has 0 bridgehead atoms. The summed E-state index contributed by atoms with van der Waals surface area (Å²) >= 11 is 5.80. The highest BCUT2D eigenvalue weighted by molar-refractivity contribution is 6.30. The number of pyridine rings is 1. The van der Waals surface area contributed by atoms with Gasteiger partial charge in [-0.3, -0.25) is 4.98 Å². The fourth-order valence-electron chi connectivity index (χ4n) is 3.97. The molecule has 1 aliphatic carbocycles. The van der Waals surface area contributed by atoms with E-state index >= 15 is 0 Å². The molecule has 1 aliphatic heterocycles. The normalized spacial score (nSPS) is 26.8. The highest BCUT2D eigenvalue weighted by Crippen LogP contribution is 2.55. The molecule has 0 atom stereocenters. The van der Waals surface area contributed by atoms with Crippen LogP contribution in [0.3, 0.4) is 0 Å². The first-order valence-corrected chi connectivity index (χ1v) is 7.65. The summed E-state index contributed by atoms with van der Waals surface area (Å²) in [6.07, 6.45) is 4.17. The van der Waals surface area contributed by atoms with Crippen LogP contribution in [0.25, 0.3) is 0 Å². The Kier molecular flexibility index (Phi) is 2.77. The number of rotatable bonds is 1. The molecule has 1 aromatic carbocycles. The summed E-state index contributed by atoms with van der Waals surface area (Å²) in [5, 5.41) is 0.163. The molecule has 0 unspecified atom stereocenters. The molecule has 2 aromatic rings. The number of nitrogens with zero attached hydrogens (tertiary/aromatic N) is 2. The zero-order chi connectivity index (χ0) is 14.6. The minimum atomic E-state index is -0.373. The first kappa shape index (κ1) is 13.1. The highest BCUT2D eigenvalue weighted by Gasteiger charge is 2.51. The predicted octanol–water partition coefficient (Wildman–Crippen LogP) is 4.69. The van der Waals surface area contributed by atoms with Crippen LogP contribution >= 0.6 is 11.6 Å². The maximum atomic E-state index is 13.8. The van der Waals surface area contributed by atoms with Crippen LogP contribution in [0.15, 0.2) is 36.5 Å². The number of aromatic nitrogens is 1. The average molecular weight is 303 g/mol. The van der Waals surface area contributed by atoms with Gasteiger partial charge in [-0.05, 0) is 49.1 Å². The molecule has 2 nitrogen and oxygen atoms in total. The van der Waals surface area contributed by atoms with Crippen LogP contribution in [-0.2, 0) is 5.41 Å². The van der Waals surface area contributed by atoms with Gasteiger partial charge >= 0.3 is 0 Å². The third-order valence-electron chi connectivity index (χ3n) is 4.73. The van der Waals surface area contributed by atoms with Gasteiger partial charge in [0.2, 0.25) is 0 Å². The van der Waals surface area contributed by atoms with Gasteiger partial charge in [0.15, 0.2) is 0 Å². The second kappa shape index (κ2) is 4.44. The van der Waals surface area contributed by atoms with E-state index in [-0.39, 0.29) is 16.3 Å². The number of anilines is 2. The maximum absolute atomic E-state index is 13.8. The third-order valence-corrected chi connectivity index (χ3v) is 5.04. The van der Waals surface area contributed by atoms with Crippen LogP contribution in [0, 0.1) is 11.7 Å². The standard InChI is InChI=1S/C17H16ClFN2/c1-11-8-17(9-11)10-21(15-3-2-6-20-16(15)17)12-4-5-13(18)14(19)7-12/h2-7,11H,8-10H2,1H3. The summed E-state index contributed by atoms with van der Waals surface area (Å²) in [6, 6.07) is 9.03. The molecule has 21 heavy (non-hydrogen) atoms.